The molecule has 9 aromatic rings. The topological polar surface area (TPSA) is 28.4 Å². The van der Waals surface area contributed by atoms with Crippen molar-refractivity contribution < 1.29 is 4.42 Å². The third-order valence-electron chi connectivity index (χ3n) is 19.3. The molecule has 0 radical (unpaired) electrons. The third kappa shape index (κ3) is 7.40. The molecule has 0 atom stereocenters. The fourth-order valence-corrected chi connectivity index (χ4v) is 15.3. The Morgan fingerprint density at radius 3 is 1.68 bits per heavy atom. The molecule has 1 N–H and O–H groups in total. The zero-order valence-corrected chi connectivity index (χ0v) is 49.1. The molecule has 0 unspecified atom stereocenters. The van der Waals surface area contributed by atoms with Gasteiger partial charge in [-0.05, 0) is 191 Å². The SMILES string of the molecule is CC(C)(C)c1ccc(Nc2cc3c(cc2-c2c4c(cc5c2oc2ccccc25)N(c2ccc(C(C)(C)C)cc2)c2c(sc5cc6c(cc25)C(C)(C)CCC6(C)C)B4)-c2cc4c(cc2C3(C)C)C(C)(C)CCC4(C)C)cc1. The molecule has 3 nitrogen and oxygen atoms in total. The number of rotatable bonds is 4. The summed E-state index contributed by atoms with van der Waals surface area (Å²) in [4.78, 5) is 2.65. The third-order valence-corrected chi connectivity index (χ3v) is 20.5. The molecule has 0 bridgehead atoms. The highest BCUT2D eigenvalue weighted by atomic mass is 32.1. The maximum atomic E-state index is 7.33. The van der Waals surface area contributed by atoms with Crippen LogP contribution < -0.4 is 20.5 Å². The van der Waals surface area contributed by atoms with Crippen LogP contribution >= 0.6 is 11.3 Å². The van der Waals surface area contributed by atoms with Gasteiger partial charge in [-0.3, -0.25) is 0 Å². The lowest BCUT2D eigenvalue weighted by molar-refractivity contribution is 0.331. The van der Waals surface area contributed by atoms with Crippen molar-refractivity contribution >= 4 is 89.3 Å². The molecule has 7 aromatic carbocycles. The number of thiophene rings is 1. The number of fused-ring (bicyclic) bond motifs is 12. The first kappa shape index (κ1) is 49.5. The zero-order valence-electron chi connectivity index (χ0n) is 48.3. The van der Waals surface area contributed by atoms with E-state index in [-0.39, 0.29) is 37.9 Å². The van der Waals surface area contributed by atoms with E-state index in [2.05, 4.69) is 236 Å². The van der Waals surface area contributed by atoms with Crippen LogP contribution in [0.2, 0.25) is 0 Å². The van der Waals surface area contributed by atoms with Gasteiger partial charge in [-0.2, -0.15) is 0 Å². The Hall–Kier alpha value is -6.04. The Morgan fingerprint density at radius 2 is 1.07 bits per heavy atom. The van der Waals surface area contributed by atoms with Crippen molar-refractivity contribution in [2.45, 2.75) is 174 Å². The minimum atomic E-state index is -0.225. The van der Waals surface area contributed by atoms with Gasteiger partial charge in [0.05, 0.1) is 5.69 Å². The van der Waals surface area contributed by atoms with Crippen molar-refractivity contribution in [1.29, 1.82) is 0 Å². The minimum absolute atomic E-state index is 0.0214. The van der Waals surface area contributed by atoms with Gasteiger partial charge >= 0.3 is 0 Å². The number of nitrogens with zero attached hydrogens (tertiary/aromatic N) is 1. The lowest BCUT2D eigenvalue weighted by Crippen LogP contribution is -2.39. The molecule has 4 aliphatic rings. The maximum absolute atomic E-state index is 7.33. The van der Waals surface area contributed by atoms with E-state index < -0.39 is 0 Å². The van der Waals surface area contributed by atoms with Crippen LogP contribution in [-0.2, 0) is 37.9 Å². The van der Waals surface area contributed by atoms with E-state index in [1.807, 2.05) is 11.3 Å². The molecule has 1 aliphatic heterocycles. The molecule has 0 amide bonds. The Bertz CT molecular complexity index is 3920. The number of hydrogen-bond acceptors (Lipinski definition) is 4. The fourth-order valence-electron chi connectivity index (χ4n) is 14.1. The van der Waals surface area contributed by atoms with Gasteiger partial charge in [0.15, 0.2) is 0 Å². The second-order valence-electron chi connectivity index (χ2n) is 28.8. The van der Waals surface area contributed by atoms with E-state index in [0.29, 0.717) is 0 Å². The van der Waals surface area contributed by atoms with E-state index in [1.54, 1.807) is 0 Å². The minimum Gasteiger partial charge on any atom is -0.455 e. The average Bonchev–Trinajstić information content (AvgIpc) is 4.17. The molecule has 0 saturated heterocycles. The van der Waals surface area contributed by atoms with Crippen LogP contribution in [0.3, 0.4) is 0 Å². The van der Waals surface area contributed by atoms with Gasteiger partial charge in [0.2, 0.25) is 7.28 Å². The fraction of sp³-hybridized carbons (Fsp3) is 0.380. The van der Waals surface area contributed by atoms with Crippen molar-refractivity contribution in [3.05, 3.63) is 160 Å². The van der Waals surface area contributed by atoms with Gasteiger partial charge in [0.1, 0.15) is 11.2 Å². The Balaban J connectivity index is 1.13. The van der Waals surface area contributed by atoms with Crippen LogP contribution in [0.15, 0.2) is 120 Å². The molecule has 386 valence electrons. The summed E-state index contributed by atoms with van der Waals surface area (Å²) in [7, 11) is 0.788. The maximum Gasteiger partial charge on any atom is 0.211 e. The van der Waals surface area contributed by atoms with E-state index in [4.69, 9.17) is 4.42 Å². The Labute approximate surface area is 457 Å². The first-order valence-electron chi connectivity index (χ1n) is 28.4. The van der Waals surface area contributed by atoms with Crippen molar-refractivity contribution in [2.24, 2.45) is 0 Å². The molecule has 3 heterocycles. The van der Waals surface area contributed by atoms with Crippen molar-refractivity contribution in [2.75, 3.05) is 10.2 Å². The molecule has 0 fully saturated rings. The first-order valence-corrected chi connectivity index (χ1v) is 29.2. The number of para-hydroxylation sites is 1. The van der Waals surface area contributed by atoms with Crippen LogP contribution in [0, 0.1) is 0 Å². The average molecular weight is 1020 g/mol. The van der Waals surface area contributed by atoms with Gasteiger partial charge in [-0.1, -0.05) is 159 Å². The lowest BCUT2D eigenvalue weighted by Gasteiger charge is -2.42. The van der Waals surface area contributed by atoms with E-state index in [1.165, 1.54) is 130 Å². The van der Waals surface area contributed by atoms with Crippen molar-refractivity contribution in [3.8, 4) is 22.3 Å². The van der Waals surface area contributed by atoms with E-state index >= 15 is 0 Å². The number of nitrogens with one attached hydrogen (secondary N) is 1. The second kappa shape index (κ2) is 16.0. The molecule has 76 heavy (non-hydrogen) atoms. The van der Waals surface area contributed by atoms with Crippen LogP contribution in [-0.4, -0.2) is 7.28 Å². The summed E-state index contributed by atoms with van der Waals surface area (Å²) in [5.41, 5.74) is 25.8. The molecule has 5 heteroatoms. The highest BCUT2D eigenvalue weighted by Gasteiger charge is 2.45. The summed E-state index contributed by atoms with van der Waals surface area (Å²) in [6.45, 7) is 38.5. The predicted molar refractivity (Wildman–Crippen MR) is 331 cm³/mol. The van der Waals surface area contributed by atoms with Crippen molar-refractivity contribution in [1.82, 2.24) is 0 Å². The summed E-state index contributed by atoms with van der Waals surface area (Å²) < 4.78 is 10.1. The standard InChI is InChI=1S/C71H77BN2OS/c1-65(2,3)40-21-25-42(26-22-40)73-56-38-51-45(46-34-52-54(37-50(46)71(51,15)16)69(11,12)31-29-67(52,7)8)33-48(56)60-61-57(36-47-44-19-17-18-20-58(44)75-63(47)60)74(43-27-23-41(24-28-43)66(4,5)6)62-49-35-53-55(39-59(49)76-64(62)72-61)70(13,14)32-30-68(53,9)10/h17-28,33-39,72-73H,29-32H2,1-16H3. The smallest absolute Gasteiger partial charge is 0.211 e. The summed E-state index contributed by atoms with van der Waals surface area (Å²) in [6, 6.07) is 45.4. The summed E-state index contributed by atoms with van der Waals surface area (Å²) in [6.07, 6.45) is 4.74. The highest BCUT2D eigenvalue weighted by Crippen LogP contribution is 2.58. The first-order chi connectivity index (χ1) is 35.6. The molecular weight excluding hydrogens is 940 g/mol. The van der Waals surface area contributed by atoms with Gasteiger partial charge in [-0.15, -0.1) is 11.3 Å². The van der Waals surface area contributed by atoms with E-state index in [9.17, 15) is 0 Å². The lowest BCUT2D eigenvalue weighted by atomic mass is 9.61. The quantitative estimate of drug-likeness (QED) is 0.178. The van der Waals surface area contributed by atoms with Gasteiger partial charge in [0.25, 0.3) is 0 Å². The largest absolute Gasteiger partial charge is 0.455 e. The van der Waals surface area contributed by atoms with Crippen LogP contribution in [0.5, 0.6) is 0 Å². The van der Waals surface area contributed by atoms with Crippen LogP contribution in [0.25, 0.3) is 54.3 Å². The molecule has 2 aromatic heterocycles. The number of hydrogen-bond donors (Lipinski definition) is 1. The predicted octanol–water partition coefficient (Wildman–Crippen LogP) is 19.0. The number of furan rings is 1. The molecule has 0 saturated carbocycles. The summed E-state index contributed by atoms with van der Waals surface area (Å²) in [5.74, 6) is 0. The Kier molecular flexibility index (Phi) is 10.4. The molecule has 3 aliphatic carbocycles. The van der Waals surface area contributed by atoms with Crippen molar-refractivity contribution in [3.63, 3.8) is 0 Å². The summed E-state index contributed by atoms with van der Waals surface area (Å²) in [5, 5.41) is 7.77. The number of anilines is 5. The van der Waals surface area contributed by atoms with Gasteiger partial charge in [0, 0.05) is 60.2 Å². The normalized spacial score (nSPS) is 18.4. The summed E-state index contributed by atoms with van der Waals surface area (Å²) >= 11 is 2.00. The molecule has 13 rings (SSSR count). The zero-order chi connectivity index (χ0) is 53.6. The van der Waals surface area contributed by atoms with Crippen LogP contribution in [0.4, 0.5) is 28.4 Å². The Morgan fingerprint density at radius 1 is 0.526 bits per heavy atom. The monoisotopic (exact) mass is 1020 g/mol. The van der Waals surface area contributed by atoms with E-state index in [0.717, 1.165) is 40.6 Å². The molecule has 0 spiro atoms. The van der Waals surface area contributed by atoms with Crippen LogP contribution in [0.1, 0.15) is 181 Å². The number of benzene rings is 7. The van der Waals surface area contributed by atoms with Gasteiger partial charge < -0.3 is 14.6 Å². The second-order valence-corrected chi connectivity index (χ2v) is 29.9. The molecular formula is C71H77BN2OS. The van der Waals surface area contributed by atoms with Gasteiger partial charge in [-0.25, -0.2) is 0 Å². The highest BCUT2D eigenvalue weighted by molar-refractivity contribution is 7.29.